The van der Waals surface area contributed by atoms with Crippen molar-refractivity contribution >= 4 is 23.9 Å². The lowest BCUT2D eigenvalue weighted by molar-refractivity contribution is -0.298. The van der Waals surface area contributed by atoms with Gasteiger partial charge in [0.05, 0.1) is 25.4 Å². The standard InChI is InChI=1S/C44H60N2O13/c1-3-5-7-17-44(18-8-6-4-2)58-34-25-32(41(53)46-26-29-13-10-15-30(23-29)40(52)45-19-20-47)24-33(39(34)59-44)56-42(54)31-16-9-12-28(22-31)14-11-21-55-43-38(51)37(50)36(49)35(27-48)57-43/h9-16,22-23,25,33-39,43,47-51H,3-8,17-21,24,26-27H2,1-2H3,(H,45,52)(H,46,53)/t33-,34-,35-,36+,37+,38-,39+,43+/m1/s1. The molecule has 5 rings (SSSR count). The zero-order chi connectivity index (χ0) is 42.4. The van der Waals surface area contributed by atoms with Crippen LogP contribution < -0.4 is 10.6 Å². The molecule has 2 aromatic carbocycles. The van der Waals surface area contributed by atoms with Crippen LogP contribution in [-0.2, 0) is 35.0 Å². The first-order chi connectivity index (χ1) is 28.5. The number of aliphatic hydroxyl groups excluding tert-OH is 5. The van der Waals surface area contributed by atoms with Crippen molar-refractivity contribution in [2.75, 3.05) is 26.4 Å². The van der Waals surface area contributed by atoms with Crippen molar-refractivity contribution in [2.45, 2.75) is 133 Å². The first-order valence-corrected chi connectivity index (χ1v) is 20.7. The largest absolute Gasteiger partial charge is 0.456 e. The highest BCUT2D eigenvalue weighted by molar-refractivity contribution is 5.95. The van der Waals surface area contributed by atoms with Crippen LogP contribution in [0.1, 0.15) is 103 Å². The van der Waals surface area contributed by atoms with Gasteiger partial charge in [0, 0.05) is 43.5 Å². The summed E-state index contributed by atoms with van der Waals surface area (Å²) in [4.78, 5) is 40.0. The second-order valence-corrected chi connectivity index (χ2v) is 15.3. The minimum Gasteiger partial charge on any atom is -0.456 e. The summed E-state index contributed by atoms with van der Waals surface area (Å²) in [5.74, 6) is -2.19. The molecule has 8 atom stereocenters. The second-order valence-electron chi connectivity index (χ2n) is 15.3. The molecule has 15 heteroatoms. The van der Waals surface area contributed by atoms with Crippen LogP contribution in [0.2, 0.25) is 0 Å². The van der Waals surface area contributed by atoms with Crippen molar-refractivity contribution < 1.29 is 63.6 Å². The lowest BCUT2D eigenvalue weighted by atomic mass is 9.91. The maximum atomic E-state index is 13.8. The van der Waals surface area contributed by atoms with Crippen molar-refractivity contribution in [3.05, 3.63) is 88.5 Å². The molecule has 2 fully saturated rings. The molecule has 0 spiro atoms. The number of esters is 1. The molecule has 0 radical (unpaired) electrons. The summed E-state index contributed by atoms with van der Waals surface area (Å²) in [7, 11) is 0. The van der Waals surface area contributed by atoms with Crippen LogP contribution in [0.3, 0.4) is 0 Å². The van der Waals surface area contributed by atoms with Gasteiger partial charge in [-0.3, -0.25) is 9.59 Å². The third kappa shape index (κ3) is 12.5. The lowest BCUT2D eigenvalue weighted by Crippen LogP contribution is -2.59. The second kappa shape index (κ2) is 22.5. The van der Waals surface area contributed by atoms with Gasteiger partial charge in [-0.15, -0.1) is 0 Å². The highest BCUT2D eigenvalue weighted by Gasteiger charge is 2.52. The molecule has 59 heavy (non-hydrogen) atoms. The quantitative estimate of drug-likeness (QED) is 0.0712. The molecule has 0 bridgehead atoms. The number of rotatable bonds is 21. The van der Waals surface area contributed by atoms with Crippen molar-refractivity contribution in [3.8, 4) is 0 Å². The van der Waals surface area contributed by atoms with E-state index in [1.165, 1.54) is 0 Å². The fourth-order valence-electron chi connectivity index (χ4n) is 7.50. The smallest absolute Gasteiger partial charge is 0.338 e. The number of hydrogen-bond acceptors (Lipinski definition) is 13. The van der Waals surface area contributed by atoms with Crippen molar-refractivity contribution in [1.82, 2.24) is 10.6 Å². The molecular weight excluding hydrogens is 764 g/mol. The topological polar surface area (TPSA) is 223 Å². The average Bonchev–Trinajstić information content (AvgIpc) is 3.62. The Bertz CT molecular complexity index is 1740. The molecule has 2 saturated heterocycles. The van der Waals surface area contributed by atoms with E-state index in [1.54, 1.807) is 66.8 Å². The van der Waals surface area contributed by atoms with E-state index in [0.29, 0.717) is 35.1 Å². The van der Waals surface area contributed by atoms with E-state index >= 15 is 0 Å². The summed E-state index contributed by atoms with van der Waals surface area (Å²) >= 11 is 0. The van der Waals surface area contributed by atoms with Crippen LogP contribution in [0.4, 0.5) is 0 Å². The Balaban J connectivity index is 1.29. The first-order valence-electron chi connectivity index (χ1n) is 20.7. The Morgan fingerprint density at radius 3 is 2.31 bits per heavy atom. The fraction of sp³-hybridized carbons (Fsp3) is 0.568. The van der Waals surface area contributed by atoms with Gasteiger partial charge in [-0.1, -0.05) is 75.9 Å². The lowest BCUT2D eigenvalue weighted by Gasteiger charge is -2.39. The minimum atomic E-state index is -1.56. The fourth-order valence-corrected chi connectivity index (χ4v) is 7.50. The number of ether oxygens (including phenoxy) is 5. The zero-order valence-corrected chi connectivity index (χ0v) is 33.9. The number of carbonyl (C=O) groups excluding carboxylic acids is 3. The highest BCUT2D eigenvalue weighted by Crippen LogP contribution is 2.43. The van der Waals surface area contributed by atoms with Gasteiger partial charge in [0.1, 0.15) is 42.7 Å². The molecule has 1 aliphatic carbocycles. The van der Waals surface area contributed by atoms with Crippen LogP contribution in [0.5, 0.6) is 0 Å². The van der Waals surface area contributed by atoms with Crippen LogP contribution in [0.25, 0.3) is 6.08 Å². The van der Waals surface area contributed by atoms with E-state index < -0.39 is 67.4 Å². The van der Waals surface area contributed by atoms with E-state index in [4.69, 9.17) is 28.8 Å². The van der Waals surface area contributed by atoms with Gasteiger partial charge in [-0.2, -0.15) is 0 Å². The molecule has 0 saturated carbocycles. The Labute approximate surface area is 345 Å². The van der Waals surface area contributed by atoms with Gasteiger partial charge in [0.2, 0.25) is 5.91 Å². The van der Waals surface area contributed by atoms with Crippen molar-refractivity contribution in [2.24, 2.45) is 0 Å². The average molecular weight is 825 g/mol. The molecule has 7 N–H and O–H groups in total. The predicted molar refractivity (Wildman–Crippen MR) is 216 cm³/mol. The van der Waals surface area contributed by atoms with E-state index in [0.717, 1.165) is 38.5 Å². The van der Waals surface area contributed by atoms with Crippen LogP contribution in [0, 0.1) is 0 Å². The van der Waals surface area contributed by atoms with Gasteiger partial charge in [-0.05, 0) is 54.3 Å². The van der Waals surface area contributed by atoms with Crippen LogP contribution >= 0.6 is 0 Å². The number of aliphatic hydroxyl groups is 5. The highest BCUT2D eigenvalue weighted by atomic mass is 16.8. The summed E-state index contributed by atoms with van der Waals surface area (Å²) in [5.41, 5.74) is 2.39. The molecule has 2 heterocycles. The van der Waals surface area contributed by atoms with Crippen molar-refractivity contribution in [1.29, 1.82) is 0 Å². The Kier molecular flexibility index (Phi) is 17.6. The van der Waals surface area contributed by atoms with E-state index in [1.807, 2.05) is 0 Å². The van der Waals surface area contributed by atoms with E-state index in [9.17, 15) is 34.8 Å². The number of fused-ring (bicyclic) bond motifs is 1. The Morgan fingerprint density at radius 1 is 0.864 bits per heavy atom. The number of amides is 2. The van der Waals surface area contributed by atoms with E-state index in [2.05, 4.69) is 24.5 Å². The molecule has 2 amide bonds. The summed E-state index contributed by atoms with van der Waals surface area (Å²) in [6, 6.07) is 13.6. The Morgan fingerprint density at radius 2 is 1.59 bits per heavy atom. The minimum absolute atomic E-state index is 0.0549. The van der Waals surface area contributed by atoms with Gasteiger partial charge in [0.25, 0.3) is 5.91 Å². The van der Waals surface area contributed by atoms with Crippen molar-refractivity contribution in [3.63, 3.8) is 0 Å². The third-order valence-corrected chi connectivity index (χ3v) is 10.7. The molecule has 0 unspecified atom stereocenters. The van der Waals surface area contributed by atoms with Gasteiger partial charge in [-0.25, -0.2) is 4.79 Å². The van der Waals surface area contributed by atoms with Crippen LogP contribution in [0.15, 0.2) is 66.3 Å². The maximum Gasteiger partial charge on any atom is 0.338 e. The maximum absolute atomic E-state index is 13.8. The molecule has 2 aromatic rings. The van der Waals surface area contributed by atoms with Gasteiger partial charge >= 0.3 is 5.97 Å². The molecule has 3 aliphatic rings. The predicted octanol–water partition coefficient (Wildman–Crippen LogP) is 3.05. The number of nitrogens with one attached hydrogen (secondary N) is 2. The first kappa shape index (κ1) is 46.0. The van der Waals surface area contributed by atoms with Gasteiger partial charge in [0.15, 0.2) is 12.1 Å². The Hall–Kier alpha value is -4.03. The number of hydrogen-bond donors (Lipinski definition) is 7. The SMILES string of the molecule is CCCCCC1(CCCCC)O[C@@H]2[C@@H](C=C(C(=O)NCc3cccc(C(=O)NCCO)c3)C[C@H]2OC(=O)c2cccc(C=CCO[C@H]3O[C@H](CO)[C@H](O)[C@H](O)[C@H]3O)c2)O1. The summed E-state index contributed by atoms with van der Waals surface area (Å²) in [5, 5.41) is 54.3. The number of benzene rings is 2. The normalized spacial score (nSPS) is 26.3. The molecule has 15 nitrogen and oxygen atoms in total. The zero-order valence-electron chi connectivity index (χ0n) is 33.9. The molecule has 324 valence electrons. The summed E-state index contributed by atoms with van der Waals surface area (Å²) < 4.78 is 30.6. The number of carbonyl (C=O) groups is 3. The van der Waals surface area contributed by atoms with Crippen LogP contribution in [-0.4, -0.2) is 124 Å². The molecular formula is C44H60N2O13. The molecule has 0 aromatic heterocycles. The van der Waals surface area contributed by atoms with Gasteiger partial charge < -0.3 is 59.9 Å². The third-order valence-electron chi connectivity index (χ3n) is 10.7. The monoisotopic (exact) mass is 824 g/mol. The summed E-state index contributed by atoms with van der Waals surface area (Å²) in [6.45, 7) is 3.73. The number of unbranched alkanes of at least 4 members (excludes halogenated alkanes) is 4. The molecule has 2 aliphatic heterocycles. The van der Waals surface area contributed by atoms with E-state index in [-0.39, 0.29) is 50.1 Å². The summed E-state index contributed by atoms with van der Waals surface area (Å²) in [6.07, 6.45) is 3.31.